The van der Waals surface area contributed by atoms with Crippen molar-refractivity contribution in [2.24, 2.45) is 0 Å². The summed E-state index contributed by atoms with van der Waals surface area (Å²) in [6.45, 7) is 2.96. The van der Waals surface area contributed by atoms with Crippen molar-refractivity contribution in [1.29, 1.82) is 0 Å². The fraction of sp³-hybridized carbons (Fsp3) is 0.312. The van der Waals surface area contributed by atoms with Gasteiger partial charge in [-0.15, -0.1) is 11.3 Å². The van der Waals surface area contributed by atoms with E-state index in [0.29, 0.717) is 5.92 Å². The molecule has 0 amide bonds. The molecule has 3 aromatic heterocycles. The molecule has 1 aliphatic heterocycles. The van der Waals surface area contributed by atoms with Crippen molar-refractivity contribution < 1.29 is 0 Å². The Bertz CT molecular complexity index is 803. The normalized spacial score (nSPS) is 19.0. The maximum Gasteiger partial charge on any atom is 0.159 e. The predicted molar refractivity (Wildman–Crippen MR) is 89.3 cm³/mol. The molecule has 0 spiro atoms. The van der Waals surface area contributed by atoms with E-state index in [0.717, 1.165) is 52.1 Å². The molecule has 0 unspecified atom stereocenters. The second kappa shape index (κ2) is 5.91. The van der Waals surface area contributed by atoms with Crippen LogP contribution in [0.2, 0.25) is 4.34 Å². The van der Waals surface area contributed by atoms with Gasteiger partial charge >= 0.3 is 0 Å². The molecule has 1 aliphatic rings. The monoisotopic (exact) mass is 330 g/mol. The molecule has 0 radical (unpaired) electrons. The van der Waals surface area contributed by atoms with Crippen molar-refractivity contribution in [2.75, 3.05) is 13.1 Å². The number of aromatic nitrogens is 3. The lowest BCUT2D eigenvalue weighted by Crippen LogP contribution is -2.19. The van der Waals surface area contributed by atoms with Gasteiger partial charge < -0.3 is 0 Å². The van der Waals surface area contributed by atoms with Crippen LogP contribution >= 0.6 is 22.9 Å². The Kier molecular flexibility index (Phi) is 3.78. The van der Waals surface area contributed by atoms with Crippen LogP contribution in [0.1, 0.15) is 23.0 Å². The van der Waals surface area contributed by atoms with Gasteiger partial charge in [0.05, 0.1) is 12.7 Å². The van der Waals surface area contributed by atoms with Crippen LogP contribution in [0.3, 0.4) is 0 Å². The molecule has 1 atom stereocenters. The number of hydrogen-bond acceptors (Lipinski definition) is 5. The van der Waals surface area contributed by atoms with Crippen LogP contribution in [0, 0.1) is 0 Å². The largest absolute Gasteiger partial charge is 0.296 e. The zero-order chi connectivity index (χ0) is 14.9. The fourth-order valence-corrected chi connectivity index (χ4v) is 3.96. The number of pyridine rings is 2. The standard InChI is InChI=1S/C16H15ClN4S/c17-14-8-19-15(22-14)10-21-7-5-12(9-21)13-4-3-11-2-1-6-18-16(11)20-13/h1-4,6,8,12H,5,7,9-10H2/t12-/m0/s1. The van der Waals surface area contributed by atoms with E-state index >= 15 is 0 Å². The number of halogens is 1. The molecule has 0 saturated carbocycles. The molecular weight excluding hydrogens is 316 g/mol. The van der Waals surface area contributed by atoms with Gasteiger partial charge in [0.2, 0.25) is 0 Å². The van der Waals surface area contributed by atoms with Gasteiger partial charge in [-0.3, -0.25) is 4.90 Å². The molecule has 6 heteroatoms. The summed E-state index contributed by atoms with van der Waals surface area (Å²) in [6.07, 6.45) is 4.66. The van der Waals surface area contributed by atoms with Gasteiger partial charge in [0.25, 0.3) is 0 Å². The SMILES string of the molecule is Clc1cnc(CN2CC[C@H](c3ccc4cccnc4n3)C2)s1. The minimum Gasteiger partial charge on any atom is -0.296 e. The number of thiazole rings is 1. The smallest absolute Gasteiger partial charge is 0.159 e. The quantitative estimate of drug-likeness (QED) is 0.734. The van der Waals surface area contributed by atoms with Gasteiger partial charge in [-0.1, -0.05) is 11.6 Å². The van der Waals surface area contributed by atoms with Crippen molar-refractivity contribution in [1.82, 2.24) is 19.9 Å². The molecule has 0 aromatic carbocycles. The lowest BCUT2D eigenvalue weighted by Gasteiger charge is -2.14. The van der Waals surface area contributed by atoms with Crippen LogP contribution in [-0.2, 0) is 6.54 Å². The second-order valence-electron chi connectivity index (χ2n) is 5.57. The van der Waals surface area contributed by atoms with Gasteiger partial charge in [0, 0.05) is 29.7 Å². The molecule has 0 N–H and O–H groups in total. The zero-order valence-corrected chi connectivity index (χ0v) is 13.5. The molecule has 4 heterocycles. The molecule has 4 rings (SSSR count). The molecule has 22 heavy (non-hydrogen) atoms. The average Bonchev–Trinajstić information content (AvgIpc) is 3.16. The third-order valence-electron chi connectivity index (χ3n) is 4.06. The highest BCUT2D eigenvalue weighted by atomic mass is 35.5. The highest BCUT2D eigenvalue weighted by Crippen LogP contribution is 2.29. The molecule has 0 bridgehead atoms. The van der Waals surface area contributed by atoms with E-state index in [1.165, 1.54) is 0 Å². The molecule has 3 aromatic rings. The van der Waals surface area contributed by atoms with Crippen molar-refractivity contribution in [3.63, 3.8) is 0 Å². The van der Waals surface area contributed by atoms with Crippen LogP contribution in [0.15, 0.2) is 36.7 Å². The molecule has 1 fully saturated rings. The van der Waals surface area contributed by atoms with Crippen molar-refractivity contribution in [2.45, 2.75) is 18.9 Å². The van der Waals surface area contributed by atoms with Gasteiger partial charge in [-0.25, -0.2) is 15.0 Å². The summed E-state index contributed by atoms with van der Waals surface area (Å²) in [6, 6.07) is 8.25. The Labute approximate surface area is 137 Å². The first-order valence-electron chi connectivity index (χ1n) is 7.32. The summed E-state index contributed by atoms with van der Waals surface area (Å²) >= 11 is 7.51. The lowest BCUT2D eigenvalue weighted by atomic mass is 10.0. The highest BCUT2D eigenvalue weighted by Gasteiger charge is 2.25. The summed E-state index contributed by atoms with van der Waals surface area (Å²) in [5, 5.41) is 2.18. The number of likely N-dealkylation sites (tertiary alicyclic amines) is 1. The van der Waals surface area contributed by atoms with Crippen LogP contribution in [0.4, 0.5) is 0 Å². The highest BCUT2D eigenvalue weighted by molar-refractivity contribution is 7.15. The van der Waals surface area contributed by atoms with Gasteiger partial charge in [0.15, 0.2) is 5.65 Å². The van der Waals surface area contributed by atoms with E-state index in [1.54, 1.807) is 23.7 Å². The average molecular weight is 331 g/mol. The van der Waals surface area contributed by atoms with Crippen LogP contribution < -0.4 is 0 Å². The maximum absolute atomic E-state index is 5.95. The van der Waals surface area contributed by atoms with Gasteiger partial charge in [0.1, 0.15) is 9.34 Å². The summed E-state index contributed by atoms with van der Waals surface area (Å²) in [4.78, 5) is 15.8. The first-order chi connectivity index (χ1) is 10.8. The molecule has 4 nitrogen and oxygen atoms in total. The van der Waals surface area contributed by atoms with Crippen molar-refractivity contribution in [3.05, 3.63) is 51.7 Å². The van der Waals surface area contributed by atoms with E-state index in [2.05, 4.69) is 27.0 Å². The Morgan fingerprint density at radius 1 is 1.27 bits per heavy atom. The topological polar surface area (TPSA) is 41.9 Å². The second-order valence-corrected chi connectivity index (χ2v) is 7.31. The van der Waals surface area contributed by atoms with E-state index in [-0.39, 0.29) is 0 Å². The van der Waals surface area contributed by atoms with Crippen molar-refractivity contribution in [3.8, 4) is 0 Å². The molecule has 112 valence electrons. The lowest BCUT2D eigenvalue weighted by molar-refractivity contribution is 0.326. The van der Waals surface area contributed by atoms with Gasteiger partial charge in [-0.2, -0.15) is 0 Å². The Balaban J connectivity index is 1.49. The van der Waals surface area contributed by atoms with E-state index in [9.17, 15) is 0 Å². The summed E-state index contributed by atoms with van der Waals surface area (Å²) in [7, 11) is 0. The number of nitrogens with zero attached hydrogens (tertiary/aromatic N) is 4. The minimum atomic E-state index is 0.474. The molecule has 0 aliphatic carbocycles. The van der Waals surface area contributed by atoms with Crippen molar-refractivity contribution >= 4 is 34.0 Å². The summed E-state index contributed by atoms with van der Waals surface area (Å²) in [5.41, 5.74) is 1.98. The number of rotatable bonds is 3. The molecule has 1 saturated heterocycles. The molecular formula is C16H15ClN4S. The predicted octanol–water partition coefficient (Wildman–Crippen LogP) is 3.73. The third-order valence-corrected chi connectivity index (χ3v) is 5.16. The van der Waals surface area contributed by atoms with Crippen LogP contribution in [0.5, 0.6) is 0 Å². The summed E-state index contributed by atoms with van der Waals surface area (Å²) in [5.74, 6) is 0.474. The Hall–Kier alpha value is -1.56. The van der Waals surface area contributed by atoms with E-state index in [4.69, 9.17) is 16.6 Å². The maximum atomic E-state index is 5.95. The van der Waals surface area contributed by atoms with E-state index < -0.39 is 0 Å². The summed E-state index contributed by atoms with van der Waals surface area (Å²) < 4.78 is 0.757. The third kappa shape index (κ3) is 2.84. The Morgan fingerprint density at radius 2 is 2.23 bits per heavy atom. The Morgan fingerprint density at radius 3 is 3.09 bits per heavy atom. The van der Waals surface area contributed by atoms with Crippen LogP contribution in [0.25, 0.3) is 11.0 Å². The zero-order valence-electron chi connectivity index (χ0n) is 11.9. The number of hydrogen-bond donors (Lipinski definition) is 0. The van der Waals surface area contributed by atoms with E-state index in [1.807, 2.05) is 12.1 Å². The van der Waals surface area contributed by atoms with Crippen LogP contribution in [-0.4, -0.2) is 32.9 Å². The first-order valence-corrected chi connectivity index (χ1v) is 8.51. The fourth-order valence-electron chi connectivity index (χ4n) is 2.97. The minimum absolute atomic E-state index is 0.474. The number of fused-ring (bicyclic) bond motifs is 1. The van der Waals surface area contributed by atoms with Gasteiger partial charge in [-0.05, 0) is 37.2 Å². The first kappa shape index (κ1) is 14.1.